The zero-order chi connectivity index (χ0) is 15.0. The highest BCUT2D eigenvalue weighted by atomic mass is 35.5. The number of nitrogens with one attached hydrogen (secondary N) is 2. The van der Waals surface area contributed by atoms with Gasteiger partial charge in [0.05, 0.1) is 7.11 Å². The van der Waals surface area contributed by atoms with Crippen LogP contribution in [-0.2, 0) is 4.79 Å². The summed E-state index contributed by atoms with van der Waals surface area (Å²) in [6.45, 7) is 1.18. The van der Waals surface area contributed by atoms with E-state index in [1.165, 1.54) is 19.2 Å². The number of hydrogen-bond acceptors (Lipinski definition) is 4. The van der Waals surface area contributed by atoms with Crippen LogP contribution >= 0.6 is 12.4 Å². The van der Waals surface area contributed by atoms with Crippen molar-refractivity contribution in [2.75, 3.05) is 27.2 Å². The molecule has 1 aromatic carbocycles. The van der Waals surface area contributed by atoms with Crippen LogP contribution in [0.1, 0.15) is 23.2 Å². The Labute approximate surface area is 129 Å². The van der Waals surface area contributed by atoms with E-state index in [-0.39, 0.29) is 48.3 Å². The van der Waals surface area contributed by atoms with E-state index < -0.39 is 5.82 Å². The Morgan fingerprint density at radius 3 is 2.52 bits per heavy atom. The lowest BCUT2D eigenvalue weighted by atomic mass is 10.1. The fourth-order valence-corrected chi connectivity index (χ4v) is 1.63. The number of methoxy groups -OCH3 is 1. The van der Waals surface area contributed by atoms with Crippen LogP contribution in [0.5, 0.6) is 5.75 Å². The average molecular weight is 319 g/mol. The summed E-state index contributed by atoms with van der Waals surface area (Å²) in [6, 6.07) is 4.01. The van der Waals surface area contributed by atoms with Crippen LogP contribution in [0, 0.1) is 5.82 Å². The van der Waals surface area contributed by atoms with Gasteiger partial charge in [-0.25, -0.2) is 4.39 Å². The number of carbonyl (C=O) groups is 2. The zero-order valence-electron chi connectivity index (χ0n) is 12.1. The number of Topliss-reactive ketones (excluding diaryl/α,β-unsaturated/α-hetero) is 1. The minimum Gasteiger partial charge on any atom is -0.494 e. The quantitative estimate of drug-likeness (QED) is 0.564. The fraction of sp³-hybridized carbons (Fsp3) is 0.429. The van der Waals surface area contributed by atoms with Gasteiger partial charge in [-0.05, 0) is 25.2 Å². The number of rotatable bonds is 8. The molecule has 0 saturated heterocycles. The largest absolute Gasteiger partial charge is 0.494 e. The van der Waals surface area contributed by atoms with Crippen molar-refractivity contribution in [3.05, 3.63) is 29.6 Å². The first-order valence-corrected chi connectivity index (χ1v) is 6.36. The van der Waals surface area contributed by atoms with Crippen molar-refractivity contribution in [2.24, 2.45) is 0 Å². The summed E-state index contributed by atoms with van der Waals surface area (Å²) < 4.78 is 18.2. The van der Waals surface area contributed by atoms with Crippen molar-refractivity contribution in [1.29, 1.82) is 0 Å². The monoisotopic (exact) mass is 318 g/mol. The minimum absolute atomic E-state index is 0. The number of ether oxygens (including phenoxy) is 1. The second-order valence-electron chi connectivity index (χ2n) is 4.23. The summed E-state index contributed by atoms with van der Waals surface area (Å²) in [5, 5.41) is 5.57. The lowest BCUT2D eigenvalue weighted by molar-refractivity contribution is -0.121. The number of hydrogen-bond donors (Lipinski definition) is 2. The maximum Gasteiger partial charge on any atom is 0.220 e. The van der Waals surface area contributed by atoms with Crippen LogP contribution in [-0.4, -0.2) is 38.9 Å². The Kier molecular flexibility index (Phi) is 9.32. The Hall–Kier alpha value is -1.66. The molecule has 1 amide bonds. The molecule has 2 N–H and O–H groups in total. The number of benzene rings is 1. The van der Waals surface area contributed by atoms with Gasteiger partial charge in [0, 0.05) is 31.5 Å². The van der Waals surface area contributed by atoms with E-state index in [2.05, 4.69) is 10.6 Å². The number of halogens is 2. The molecule has 0 radical (unpaired) electrons. The molecule has 0 spiro atoms. The second-order valence-corrected chi connectivity index (χ2v) is 4.23. The van der Waals surface area contributed by atoms with E-state index in [1.54, 1.807) is 7.05 Å². The molecule has 0 aliphatic rings. The molecular weight excluding hydrogens is 299 g/mol. The second kappa shape index (κ2) is 10.1. The van der Waals surface area contributed by atoms with Crippen molar-refractivity contribution >= 4 is 24.1 Å². The average Bonchev–Trinajstić information content (AvgIpc) is 2.45. The molecule has 0 aromatic heterocycles. The number of ketones is 1. The first kappa shape index (κ1) is 19.3. The lowest BCUT2D eigenvalue weighted by Gasteiger charge is -2.06. The van der Waals surface area contributed by atoms with E-state index in [0.717, 1.165) is 6.07 Å². The summed E-state index contributed by atoms with van der Waals surface area (Å²) in [5.41, 5.74) is 0.242. The standard InChI is InChI=1S/C14H19FN2O3.ClH/c1-16-7-8-17-14(19)6-4-12(18)10-3-5-13(20-2)11(15)9-10;/h3,5,9,16H,4,6-8H2,1-2H3,(H,17,19);1H. The van der Waals surface area contributed by atoms with Gasteiger partial charge in [-0.1, -0.05) is 0 Å². The number of carbonyl (C=O) groups excluding carboxylic acids is 2. The van der Waals surface area contributed by atoms with Crippen LogP contribution in [0.25, 0.3) is 0 Å². The van der Waals surface area contributed by atoms with Gasteiger partial charge < -0.3 is 15.4 Å². The van der Waals surface area contributed by atoms with Crippen LogP contribution in [0.2, 0.25) is 0 Å². The Morgan fingerprint density at radius 1 is 1.24 bits per heavy atom. The van der Waals surface area contributed by atoms with Crippen LogP contribution in [0.15, 0.2) is 18.2 Å². The van der Waals surface area contributed by atoms with Gasteiger partial charge in [0.1, 0.15) is 0 Å². The molecule has 0 saturated carbocycles. The van der Waals surface area contributed by atoms with Gasteiger partial charge in [0.25, 0.3) is 0 Å². The van der Waals surface area contributed by atoms with Crippen LogP contribution < -0.4 is 15.4 Å². The third kappa shape index (κ3) is 6.55. The molecule has 0 aliphatic heterocycles. The predicted octanol–water partition coefficient (Wildman–Crippen LogP) is 1.55. The molecule has 5 nitrogen and oxygen atoms in total. The first-order valence-electron chi connectivity index (χ1n) is 6.36. The predicted molar refractivity (Wildman–Crippen MR) is 80.7 cm³/mol. The van der Waals surface area contributed by atoms with E-state index in [1.807, 2.05) is 0 Å². The molecule has 118 valence electrons. The number of likely N-dealkylation sites (N-methyl/N-ethyl adjacent to an activating group) is 1. The fourth-order valence-electron chi connectivity index (χ4n) is 1.63. The molecule has 0 fully saturated rings. The van der Waals surface area contributed by atoms with E-state index in [0.29, 0.717) is 13.1 Å². The van der Waals surface area contributed by atoms with Crippen molar-refractivity contribution < 1.29 is 18.7 Å². The summed E-state index contributed by atoms with van der Waals surface area (Å²) >= 11 is 0. The highest BCUT2D eigenvalue weighted by molar-refractivity contribution is 5.98. The third-order valence-electron chi connectivity index (χ3n) is 2.75. The molecule has 21 heavy (non-hydrogen) atoms. The molecule has 0 aliphatic carbocycles. The van der Waals surface area contributed by atoms with Crippen molar-refractivity contribution in [2.45, 2.75) is 12.8 Å². The Morgan fingerprint density at radius 2 is 1.95 bits per heavy atom. The zero-order valence-corrected chi connectivity index (χ0v) is 12.9. The highest BCUT2D eigenvalue weighted by Crippen LogP contribution is 2.18. The summed E-state index contributed by atoms with van der Waals surface area (Å²) in [4.78, 5) is 23.3. The van der Waals surface area contributed by atoms with E-state index in [9.17, 15) is 14.0 Å². The molecule has 0 heterocycles. The molecule has 1 aromatic rings. The van der Waals surface area contributed by atoms with Crippen molar-refractivity contribution in [3.63, 3.8) is 0 Å². The van der Waals surface area contributed by atoms with Crippen molar-refractivity contribution in [3.8, 4) is 5.75 Å². The maximum atomic E-state index is 13.5. The number of amides is 1. The maximum absolute atomic E-state index is 13.5. The van der Waals surface area contributed by atoms with E-state index in [4.69, 9.17) is 4.74 Å². The van der Waals surface area contributed by atoms with Gasteiger partial charge in [-0.15, -0.1) is 12.4 Å². The molecule has 1 rings (SSSR count). The Bertz CT molecular complexity index is 483. The molecule has 7 heteroatoms. The van der Waals surface area contributed by atoms with Gasteiger partial charge in [0.2, 0.25) is 5.91 Å². The molecule has 0 bridgehead atoms. The SMILES string of the molecule is CNCCNC(=O)CCC(=O)c1ccc(OC)c(F)c1.Cl. The smallest absolute Gasteiger partial charge is 0.220 e. The van der Waals surface area contributed by atoms with Crippen LogP contribution in [0.3, 0.4) is 0 Å². The lowest BCUT2D eigenvalue weighted by Crippen LogP contribution is -2.30. The summed E-state index contributed by atoms with van der Waals surface area (Å²) in [6.07, 6.45) is 0.146. The van der Waals surface area contributed by atoms with Gasteiger partial charge >= 0.3 is 0 Å². The van der Waals surface area contributed by atoms with Crippen LogP contribution in [0.4, 0.5) is 4.39 Å². The normalized spacial score (nSPS) is 9.67. The third-order valence-corrected chi connectivity index (χ3v) is 2.75. The van der Waals surface area contributed by atoms with Gasteiger partial charge in [-0.2, -0.15) is 0 Å². The summed E-state index contributed by atoms with van der Waals surface area (Å²) in [5.74, 6) is -0.957. The van der Waals surface area contributed by atoms with Crippen molar-refractivity contribution in [1.82, 2.24) is 10.6 Å². The minimum atomic E-state index is -0.586. The van der Waals surface area contributed by atoms with Gasteiger partial charge in [0.15, 0.2) is 17.3 Å². The molecular formula is C14H20ClFN2O3. The topological polar surface area (TPSA) is 67.4 Å². The highest BCUT2D eigenvalue weighted by Gasteiger charge is 2.12. The van der Waals surface area contributed by atoms with Gasteiger partial charge in [-0.3, -0.25) is 9.59 Å². The van der Waals surface area contributed by atoms with E-state index >= 15 is 0 Å². The molecule has 0 atom stereocenters. The molecule has 0 unspecified atom stereocenters. The first-order chi connectivity index (χ1) is 9.58. The summed E-state index contributed by atoms with van der Waals surface area (Å²) in [7, 11) is 3.14. The Balaban J connectivity index is 0.00000400.